The molecule has 142 valence electrons. The SMILES string of the molecule is O=C(C1=CN2CCS(=O)(=O)N=C2C=C1)N(Cc1ccccc1)c1ccccc1. The van der Waals surface area contributed by atoms with Crippen molar-refractivity contribution in [2.75, 3.05) is 17.2 Å². The van der Waals surface area contributed by atoms with E-state index in [1.54, 1.807) is 28.2 Å². The van der Waals surface area contributed by atoms with Crippen LogP contribution in [0.15, 0.2) is 89.0 Å². The van der Waals surface area contributed by atoms with Crippen molar-refractivity contribution in [3.05, 3.63) is 90.2 Å². The van der Waals surface area contributed by atoms with Crippen LogP contribution in [0.5, 0.6) is 0 Å². The Morgan fingerprint density at radius 2 is 1.68 bits per heavy atom. The highest BCUT2D eigenvalue weighted by Crippen LogP contribution is 2.23. The molecule has 2 aromatic rings. The second-order valence-electron chi connectivity index (χ2n) is 6.56. The molecule has 2 heterocycles. The third kappa shape index (κ3) is 3.89. The third-order valence-corrected chi connectivity index (χ3v) is 5.73. The van der Waals surface area contributed by atoms with Crippen molar-refractivity contribution in [3.63, 3.8) is 0 Å². The quantitative estimate of drug-likeness (QED) is 0.801. The van der Waals surface area contributed by atoms with Gasteiger partial charge in [-0.1, -0.05) is 48.5 Å². The number of carbonyl (C=O) groups is 1. The van der Waals surface area contributed by atoms with E-state index in [2.05, 4.69) is 4.40 Å². The van der Waals surface area contributed by atoms with E-state index in [1.165, 1.54) is 0 Å². The van der Waals surface area contributed by atoms with Gasteiger partial charge < -0.3 is 9.80 Å². The van der Waals surface area contributed by atoms with Gasteiger partial charge in [-0.05, 0) is 29.8 Å². The highest BCUT2D eigenvalue weighted by atomic mass is 32.2. The molecule has 0 aliphatic carbocycles. The lowest BCUT2D eigenvalue weighted by Gasteiger charge is -2.29. The summed E-state index contributed by atoms with van der Waals surface area (Å²) in [6, 6.07) is 19.3. The monoisotopic (exact) mass is 393 g/mol. The number of amidine groups is 1. The maximum absolute atomic E-state index is 13.3. The Morgan fingerprint density at radius 3 is 2.39 bits per heavy atom. The molecule has 0 atom stereocenters. The summed E-state index contributed by atoms with van der Waals surface area (Å²) in [6.07, 6.45) is 4.88. The zero-order valence-electron chi connectivity index (χ0n) is 15.1. The second-order valence-corrected chi connectivity index (χ2v) is 8.31. The molecule has 0 bridgehead atoms. The van der Waals surface area contributed by atoms with E-state index in [4.69, 9.17) is 0 Å². The molecule has 6 nitrogen and oxygen atoms in total. The molecule has 0 aromatic heterocycles. The summed E-state index contributed by atoms with van der Waals surface area (Å²) >= 11 is 0. The standard InChI is InChI=1S/C21H19N3O3S/c25-21(18-11-12-20-22-28(26,27)14-13-23(20)16-18)24(19-9-5-2-6-10-19)15-17-7-3-1-4-8-17/h1-12,16H,13-15H2. The van der Waals surface area contributed by atoms with Crippen LogP contribution in [0.25, 0.3) is 0 Å². The van der Waals surface area contributed by atoms with Gasteiger partial charge in [-0.15, -0.1) is 4.40 Å². The highest BCUT2D eigenvalue weighted by molar-refractivity contribution is 7.90. The summed E-state index contributed by atoms with van der Waals surface area (Å²) in [5, 5.41) is 0. The van der Waals surface area contributed by atoms with Gasteiger partial charge in [0.2, 0.25) is 0 Å². The fourth-order valence-electron chi connectivity index (χ4n) is 3.14. The fraction of sp³-hybridized carbons (Fsp3) is 0.143. The molecule has 0 saturated heterocycles. The maximum Gasteiger partial charge on any atom is 0.260 e. The van der Waals surface area contributed by atoms with Crippen LogP contribution >= 0.6 is 0 Å². The van der Waals surface area contributed by atoms with Gasteiger partial charge in [0, 0.05) is 18.4 Å². The second kappa shape index (κ2) is 7.44. The van der Waals surface area contributed by atoms with Crippen LogP contribution in [0, 0.1) is 0 Å². The van der Waals surface area contributed by atoms with E-state index < -0.39 is 10.0 Å². The van der Waals surface area contributed by atoms with Crippen molar-refractivity contribution in [1.82, 2.24) is 4.90 Å². The van der Waals surface area contributed by atoms with Crippen molar-refractivity contribution in [2.24, 2.45) is 4.40 Å². The van der Waals surface area contributed by atoms with Gasteiger partial charge in [0.05, 0.1) is 17.9 Å². The molecule has 0 N–H and O–H groups in total. The van der Waals surface area contributed by atoms with Crippen molar-refractivity contribution < 1.29 is 13.2 Å². The van der Waals surface area contributed by atoms with E-state index >= 15 is 0 Å². The number of hydrogen-bond acceptors (Lipinski definition) is 4. The maximum atomic E-state index is 13.3. The Balaban J connectivity index is 1.65. The Labute approximate surface area is 164 Å². The Kier molecular flexibility index (Phi) is 4.83. The Bertz CT molecular complexity index is 1070. The molecular formula is C21H19N3O3S. The van der Waals surface area contributed by atoms with Crippen LogP contribution in [0.2, 0.25) is 0 Å². The molecule has 2 aliphatic heterocycles. The number of hydrogen-bond donors (Lipinski definition) is 0. The summed E-state index contributed by atoms with van der Waals surface area (Å²) in [5.74, 6) is 0.130. The summed E-state index contributed by atoms with van der Waals surface area (Å²) in [7, 11) is -3.42. The molecule has 2 aromatic carbocycles. The average Bonchev–Trinajstić information content (AvgIpc) is 2.72. The molecule has 4 rings (SSSR count). The lowest BCUT2D eigenvalue weighted by molar-refractivity contribution is -0.115. The predicted molar refractivity (Wildman–Crippen MR) is 109 cm³/mol. The molecule has 7 heteroatoms. The number of benzene rings is 2. The minimum atomic E-state index is -3.42. The number of fused-ring (bicyclic) bond motifs is 1. The van der Waals surface area contributed by atoms with Crippen LogP contribution in [0.4, 0.5) is 5.69 Å². The molecule has 0 fully saturated rings. The summed E-state index contributed by atoms with van der Waals surface area (Å²) in [4.78, 5) is 16.8. The summed E-state index contributed by atoms with van der Waals surface area (Å²) < 4.78 is 27.1. The van der Waals surface area contributed by atoms with Gasteiger partial charge in [0.15, 0.2) is 0 Å². The van der Waals surface area contributed by atoms with Crippen LogP contribution in [-0.4, -0.2) is 37.4 Å². The lowest BCUT2D eigenvalue weighted by Crippen LogP contribution is -2.39. The topological polar surface area (TPSA) is 70.0 Å². The third-order valence-electron chi connectivity index (χ3n) is 4.57. The summed E-state index contributed by atoms with van der Waals surface area (Å²) in [6.45, 7) is 0.719. The minimum Gasteiger partial charge on any atom is -0.330 e. The zero-order valence-corrected chi connectivity index (χ0v) is 15.9. The van der Waals surface area contributed by atoms with Crippen molar-refractivity contribution >= 4 is 27.5 Å². The molecule has 0 spiro atoms. The van der Waals surface area contributed by atoms with Gasteiger partial charge in [-0.25, -0.2) is 8.42 Å². The minimum absolute atomic E-state index is 0.0608. The number of amides is 1. The van der Waals surface area contributed by atoms with Gasteiger partial charge >= 0.3 is 0 Å². The normalized spacial score (nSPS) is 17.4. The Hall–Kier alpha value is -3.19. The van der Waals surface area contributed by atoms with Gasteiger partial charge in [-0.3, -0.25) is 4.79 Å². The van der Waals surface area contributed by atoms with Crippen LogP contribution in [0.3, 0.4) is 0 Å². The van der Waals surface area contributed by atoms with Gasteiger partial charge in [-0.2, -0.15) is 0 Å². The molecule has 0 unspecified atom stereocenters. The van der Waals surface area contributed by atoms with Crippen molar-refractivity contribution in [1.29, 1.82) is 0 Å². The zero-order chi connectivity index (χ0) is 19.6. The average molecular weight is 393 g/mol. The largest absolute Gasteiger partial charge is 0.330 e. The first-order valence-corrected chi connectivity index (χ1v) is 10.5. The van der Waals surface area contributed by atoms with Crippen LogP contribution in [-0.2, 0) is 21.4 Å². The fourth-order valence-corrected chi connectivity index (χ4v) is 4.11. The van der Waals surface area contributed by atoms with Crippen LogP contribution < -0.4 is 4.90 Å². The number of rotatable bonds is 4. The molecule has 1 amide bonds. The van der Waals surface area contributed by atoms with E-state index in [9.17, 15) is 13.2 Å². The molecule has 28 heavy (non-hydrogen) atoms. The first-order valence-electron chi connectivity index (χ1n) is 8.92. The van der Waals surface area contributed by atoms with Crippen LogP contribution in [0.1, 0.15) is 5.56 Å². The Morgan fingerprint density at radius 1 is 1.00 bits per heavy atom. The van der Waals surface area contributed by atoms with Gasteiger partial charge in [0.1, 0.15) is 5.84 Å². The smallest absolute Gasteiger partial charge is 0.260 e. The predicted octanol–water partition coefficient (Wildman–Crippen LogP) is 2.72. The highest BCUT2D eigenvalue weighted by Gasteiger charge is 2.27. The van der Waals surface area contributed by atoms with Crippen molar-refractivity contribution in [2.45, 2.75) is 6.54 Å². The number of para-hydroxylation sites is 1. The molecule has 0 saturated carbocycles. The lowest BCUT2D eigenvalue weighted by atomic mass is 10.1. The number of sulfonamides is 1. The summed E-state index contributed by atoms with van der Waals surface area (Å²) in [5.41, 5.74) is 2.30. The van der Waals surface area contributed by atoms with E-state index in [1.807, 2.05) is 60.7 Å². The molecule has 2 aliphatic rings. The number of anilines is 1. The van der Waals surface area contributed by atoms with E-state index in [-0.39, 0.29) is 18.2 Å². The molecular weight excluding hydrogens is 374 g/mol. The molecule has 0 radical (unpaired) electrons. The number of carbonyl (C=O) groups excluding carboxylic acids is 1. The number of nitrogens with zero attached hydrogens (tertiary/aromatic N) is 3. The van der Waals surface area contributed by atoms with E-state index in [0.29, 0.717) is 18.0 Å². The van der Waals surface area contributed by atoms with Gasteiger partial charge in [0.25, 0.3) is 15.9 Å². The first-order chi connectivity index (χ1) is 13.5. The van der Waals surface area contributed by atoms with Crippen molar-refractivity contribution in [3.8, 4) is 0 Å². The first kappa shape index (κ1) is 18.2. The van der Waals surface area contributed by atoms with E-state index in [0.717, 1.165) is 11.3 Å².